The first-order valence-electron chi connectivity index (χ1n) is 3.23. The van der Waals surface area contributed by atoms with E-state index in [0.717, 1.165) is 5.56 Å². The van der Waals surface area contributed by atoms with E-state index < -0.39 is 0 Å². The summed E-state index contributed by atoms with van der Waals surface area (Å²) < 4.78 is 4.79. The minimum atomic E-state index is 0.649. The van der Waals surface area contributed by atoms with Crippen LogP contribution in [0.2, 0.25) is 0 Å². The van der Waals surface area contributed by atoms with Crippen molar-refractivity contribution in [3.63, 3.8) is 0 Å². The van der Waals surface area contributed by atoms with Gasteiger partial charge in [-0.3, -0.25) is 0 Å². The number of ether oxygens (including phenoxy) is 1. The molecule has 1 rings (SSSR count). The fraction of sp³-hybridized carbons (Fsp3) is 0.111. The van der Waals surface area contributed by atoms with Crippen LogP contribution in [-0.4, -0.2) is 7.11 Å². The molecule has 0 fully saturated rings. The molecule has 0 amide bonds. The van der Waals surface area contributed by atoms with E-state index in [9.17, 15) is 0 Å². The van der Waals surface area contributed by atoms with Gasteiger partial charge in [-0.15, -0.1) is 0 Å². The second kappa shape index (κ2) is 3.75. The highest BCUT2D eigenvalue weighted by Crippen LogP contribution is 2.05. The topological polar surface area (TPSA) is 33.0 Å². The molecule has 0 atom stereocenters. The van der Waals surface area contributed by atoms with Gasteiger partial charge in [-0.25, -0.2) is 0 Å². The Bertz CT molecular complexity index is 275. The van der Waals surface area contributed by atoms with Crippen molar-refractivity contribution >= 4 is 0 Å². The molecule has 2 heteroatoms. The Labute approximate surface area is 66.0 Å². The Morgan fingerprint density at radius 3 is 3.00 bits per heavy atom. The Hall–Kier alpha value is -1.33. The summed E-state index contributed by atoms with van der Waals surface area (Å²) in [6.45, 7) is 1.60. The number of nitriles is 1. The van der Waals surface area contributed by atoms with Crippen LogP contribution in [0.4, 0.5) is 0 Å². The maximum atomic E-state index is 8.53. The molecular formula is C9H8NO. The Morgan fingerprint density at radius 1 is 1.55 bits per heavy atom. The van der Waals surface area contributed by atoms with Gasteiger partial charge >= 0.3 is 0 Å². The summed E-state index contributed by atoms with van der Waals surface area (Å²) in [5.74, 6) is 0. The summed E-state index contributed by atoms with van der Waals surface area (Å²) >= 11 is 0. The molecule has 1 radical (unpaired) electrons. The molecule has 2 nitrogen and oxygen atoms in total. The lowest BCUT2D eigenvalue weighted by molar-refractivity contribution is 0.292. The lowest BCUT2D eigenvalue weighted by atomic mass is 10.1. The standard InChI is InChI=1S/C9H8NO/c1-11-7-9-4-2-3-8(5-9)6-10/h2-5,7H,1H3. The van der Waals surface area contributed by atoms with Gasteiger partial charge in [0.2, 0.25) is 0 Å². The smallest absolute Gasteiger partial charge is 0.112 e. The van der Waals surface area contributed by atoms with E-state index in [1.165, 1.54) is 0 Å². The van der Waals surface area contributed by atoms with Crippen LogP contribution in [0.1, 0.15) is 11.1 Å². The number of methoxy groups -OCH3 is 1. The summed E-state index contributed by atoms with van der Waals surface area (Å²) in [4.78, 5) is 0. The maximum Gasteiger partial charge on any atom is 0.112 e. The highest BCUT2D eigenvalue weighted by molar-refractivity contribution is 5.34. The average Bonchev–Trinajstić information content (AvgIpc) is 2.06. The third kappa shape index (κ3) is 2.06. The first kappa shape index (κ1) is 7.77. The van der Waals surface area contributed by atoms with E-state index >= 15 is 0 Å². The van der Waals surface area contributed by atoms with Gasteiger partial charge in [0.15, 0.2) is 0 Å². The van der Waals surface area contributed by atoms with Crippen molar-refractivity contribution in [2.24, 2.45) is 0 Å². The summed E-state index contributed by atoms with van der Waals surface area (Å²) in [5.41, 5.74) is 1.56. The molecule has 0 aliphatic carbocycles. The van der Waals surface area contributed by atoms with Crippen molar-refractivity contribution in [3.05, 3.63) is 42.0 Å². The van der Waals surface area contributed by atoms with Gasteiger partial charge in [-0.2, -0.15) is 5.26 Å². The summed E-state index contributed by atoms with van der Waals surface area (Å²) in [6, 6.07) is 9.28. The van der Waals surface area contributed by atoms with Gasteiger partial charge < -0.3 is 4.74 Å². The van der Waals surface area contributed by atoms with Crippen LogP contribution < -0.4 is 0 Å². The SMILES string of the molecule is CO[CH]c1cccc(C#N)c1. The molecule has 0 aliphatic rings. The quantitative estimate of drug-likeness (QED) is 0.636. The molecule has 0 saturated heterocycles. The van der Waals surface area contributed by atoms with E-state index in [4.69, 9.17) is 10.00 Å². The number of hydrogen-bond donors (Lipinski definition) is 0. The van der Waals surface area contributed by atoms with Crippen LogP contribution in [0.3, 0.4) is 0 Å². The van der Waals surface area contributed by atoms with Gasteiger partial charge in [-0.1, -0.05) is 12.1 Å². The third-order valence-electron chi connectivity index (χ3n) is 1.27. The van der Waals surface area contributed by atoms with E-state index in [-0.39, 0.29) is 0 Å². The van der Waals surface area contributed by atoms with Crippen molar-refractivity contribution in [1.29, 1.82) is 5.26 Å². The number of benzene rings is 1. The van der Waals surface area contributed by atoms with E-state index in [0.29, 0.717) is 5.56 Å². The van der Waals surface area contributed by atoms with Crippen molar-refractivity contribution in [1.82, 2.24) is 0 Å². The first-order valence-corrected chi connectivity index (χ1v) is 3.23. The minimum Gasteiger partial charge on any atom is -0.374 e. The van der Waals surface area contributed by atoms with Crippen LogP contribution in [0, 0.1) is 17.9 Å². The fourth-order valence-electron chi connectivity index (χ4n) is 0.818. The Morgan fingerprint density at radius 2 is 2.36 bits per heavy atom. The molecule has 0 heterocycles. The molecule has 0 N–H and O–H groups in total. The average molecular weight is 146 g/mol. The van der Waals surface area contributed by atoms with Gasteiger partial charge in [0.1, 0.15) is 6.61 Å². The normalized spacial score (nSPS) is 9.09. The number of nitrogens with zero attached hydrogens (tertiary/aromatic N) is 1. The summed E-state index contributed by atoms with van der Waals surface area (Å²) in [7, 11) is 1.58. The molecule has 0 bridgehead atoms. The molecule has 1 aromatic rings. The van der Waals surface area contributed by atoms with Crippen LogP contribution in [0.25, 0.3) is 0 Å². The zero-order valence-electron chi connectivity index (χ0n) is 6.24. The van der Waals surface area contributed by atoms with Crippen LogP contribution in [-0.2, 0) is 4.74 Å². The number of hydrogen-bond acceptors (Lipinski definition) is 2. The van der Waals surface area contributed by atoms with Crippen molar-refractivity contribution in [2.45, 2.75) is 0 Å². The predicted octanol–water partition coefficient (Wildman–Crippen LogP) is 1.71. The number of rotatable bonds is 2. The molecule has 0 aromatic heterocycles. The molecule has 55 valence electrons. The highest BCUT2D eigenvalue weighted by Gasteiger charge is 1.93. The lowest BCUT2D eigenvalue weighted by Gasteiger charge is -1.96. The molecule has 0 saturated carbocycles. The summed E-state index contributed by atoms with van der Waals surface area (Å²) in [5, 5.41) is 8.53. The molecule has 1 aromatic carbocycles. The van der Waals surface area contributed by atoms with E-state index in [1.54, 1.807) is 25.8 Å². The predicted molar refractivity (Wildman–Crippen MR) is 41.6 cm³/mol. The summed E-state index contributed by atoms with van der Waals surface area (Å²) in [6.07, 6.45) is 0. The van der Waals surface area contributed by atoms with Crippen LogP contribution >= 0.6 is 0 Å². The zero-order valence-corrected chi connectivity index (χ0v) is 6.24. The molecule has 0 spiro atoms. The largest absolute Gasteiger partial charge is 0.374 e. The van der Waals surface area contributed by atoms with Gasteiger partial charge in [0.25, 0.3) is 0 Å². The highest BCUT2D eigenvalue weighted by atomic mass is 16.5. The van der Waals surface area contributed by atoms with Gasteiger partial charge in [0, 0.05) is 7.11 Å². The van der Waals surface area contributed by atoms with Crippen LogP contribution in [0.5, 0.6) is 0 Å². The second-order valence-electron chi connectivity index (χ2n) is 2.09. The van der Waals surface area contributed by atoms with E-state index in [1.807, 2.05) is 12.1 Å². The zero-order chi connectivity index (χ0) is 8.10. The van der Waals surface area contributed by atoms with Gasteiger partial charge in [-0.05, 0) is 17.7 Å². The minimum absolute atomic E-state index is 0.649. The molecule has 11 heavy (non-hydrogen) atoms. The second-order valence-corrected chi connectivity index (χ2v) is 2.09. The third-order valence-corrected chi connectivity index (χ3v) is 1.27. The molecular weight excluding hydrogens is 138 g/mol. The van der Waals surface area contributed by atoms with Crippen LogP contribution in [0.15, 0.2) is 24.3 Å². The van der Waals surface area contributed by atoms with Gasteiger partial charge in [0.05, 0.1) is 11.6 Å². The van der Waals surface area contributed by atoms with E-state index in [2.05, 4.69) is 6.07 Å². The monoisotopic (exact) mass is 146 g/mol. The lowest BCUT2D eigenvalue weighted by Crippen LogP contribution is -1.84. The first-order chi connectivity index (χ1) is 5.36. The Kier molecular flexibility index (Phi) is 2.65. The maximum absolute atomic E-state index is 8.53. The Balaban J connectivity index is 2.85. The van der Waals surface area contributed by atoms with Crippen molar-refractivity contribution in [3.8, 4) is 6.07 Å². The molecule has 0 unspecified atom stereocenters. The molecule has 0 aliphatic heterocycles. The van der Waals surface area contributed by atoms with Crippen molar-refractivity contribution < 1.29 is 4.74 Å². The van der Waals surface area contributed by atoms with Crippen molar-refractivity contribution in [2.75, 3.05) is 7.11 Å². The fourth-order valence-corrected chi connectivity index (χ4v) is 0.818.